The molecule has 0 bridgehead atoms. The van der Waals surface area contributed by atoms with Gasteiger partial charge in [-0.3, -0.25) is 0 Å². The number of benzene rings is 7. The lowest BCUT2D eigenvalue weighted by Gasteiger charge is -2.19. The maximum Gasteiger partial charge on any atom is 0.0547 e. The molecule has 0 saturated carbocycles. The minimum Gasteiger partial charge on any atom is -0.313 e. The summed E-state index contributed by atoms with van der Waals surface area (Å²) in [6.45, 7) is 2.36. The molecule has 9 aromatic rings. The molecule has 1 aliphatic rings. The van der Waals surface area contributed by atoms with Crippen LogP contribution in [0.15, 0.2) is 176 Å². The van der Waals surface area contributed by atoms with Crippen molar-refractivity contribution >= 4 is 38.8 Å². The Bertz CT molecular complexity index is 2780. The van der Waals surface area contributed by atoms with Crippen LogP contribution in [0.5, 0.6) is 0 Å². The van der Waals surface area contributed by atoms with Gasteiger partial charge in [0.25, 0.3) is 0 Å². The normalized spacial score (nSPS) is 14.0. The third-order valence-electron chi connectivity index (χ3n) is 10.8. The SMILES string of the molecule is CC1CC=Cc2c1n(-c1ccccc1)c1cccc(-c3ccccc3-c3ccccc3-c3cccc4c3c3ccccc3n4-c3ccccc3)c21. The number of hydrogen-bond acceptors (Lipinski definition) is 0. The first-order valence-corrected chi connectivity index (χ1v) is 17.9. The van der Waals surface area contributed by atoms with E-state index < -0.39 is 0 Å². The standard InChI is InChI=1S/C49H36N2/c1-33-17-14-29-43-48-41(28-16-32-46(48)51(49(33)43)35-20-6-3-7-21-35)39-25-11-9-23-37(39)36-22-8-10-24-38(36)40-27-15-31-45-47(40)42-26-12-13-30-44(42)50(45)34-18-4-2-5-19-34/h2-16,18-33H,17H2,1H3. The maximum atomic E-state index is 2.50. The summed E-state index contributed by atoms with van der Waals surface area (Å²) in [5.74, 6) is 0.417. The van der Waals surface area contributed by atoms with Gasteiger partial charge in [0.05, 0.1) is 16.6 Å². The highest BCUT2D eigenvalue weighted by Crippen LogP contribution is 2.47. The van der Waals surface area contributed by atoms with Gasteiger partial charge < -0.3 is 9.13 Å². The monoisotopic (exact) mass is 652 g/mol. The van der Waals surface area contributed by atoms with Crippen molar-refractivity contribution in [3.8, 4) is 44.8 Å². The van der Waals surface area contributed by atoms with Crippen LogP contribution in [-0.4, -0.2) is 9.13 Å². The van der Waals surface area contributed by atoms with E-state index in [1.807, 2.05) is 0 Å². The molecule has 0 aliphatic heterocycles. The third-order valence-corrected chi connectivity index (χ3v) is 10.8. The molecule has 0 saturated heterocycles. The second-order valence-electron chi connectivity index (χ2n) is 13.7. The van der Waals surface area contributed by atoms with E-state index in [0.29, 0.717) is 5.92 Å². The van der Waals surface area contributed by atoms with Crippen molar-refractivity contribution in [2.45, 2.75) is 19.3 Å². The fourth-order valence-corrected chi connectivity index (χ4v) is 8.63. The van der Waals surface area contributed by atoms with Gasteiger partial charge in [0.2, 0.25) is 0 Å². The first kappa shape index (κ1) is 29.5. The fraction of sp³-hybridized carbons (Fsp3) is 0.0612. The van der Waals surface area contributed by atoms with Gasteiger partial charge in [-0.25, -0.2) is 0 Å². The van der Waals surface area contributed by atoms with Crippen LogP contribution in [0.4, 0.5) is 0 Å². The van der Waals surface area contributed by atoms with Crippen molar-refractivity contribution in [3.05, 3.63) is 187 Å². The van der Waals surface area contributed by atoms with Crippen LogP contribution < -0.4 is 0 Å². The quantitative estimate of drug-likeness (QED) is 0.175. The maximum absolute atomic E-state index is 2.50. The molecule has 0 N–H and O–H groups in total. The molecule has 0 radical (unpaired) electrons. The van der Waals surface area contributed by atoms with Gasteiger partial charge >= 0.3 is 0 Å². The zero-order chi connectivity index (χ0) is 33.9. The minimum absolute atomic E-state index is 0.417. The lowest BCUT2D eigenvalue weighted by atomic mass is 9.86. The molecule has 0 fully saturated rings. The molecule has 0 spiro atoms. The number of rotatable bonds is 5. The number of para-hydroxylation sites is 3. The van der Waals surface area contributed by atoms with E-state index in [2.05, 4.69) is 198 Å². The summed E-state index contributed by atoms with van der Waals surface area (Å²) in [6.07, 6.45) is 5.76. The zero-order valence-corrected chi connectivity index (χ0v) is 28.5. The molecule has 7 aromatic carbocycles. The Balaban J connectivity index is 1.23. The second kappa shape index (κ2) is 11.9. The summed E-state index contributed by atoms with van der Waals surface area (Å²) < 4.78 is 4.91. The molecule has 51 heavy (non-hydrogen) atoms. The van der Waals surface area contributed by atoms with E-state index >= 15 is 0 Å². The average Bonchev–Trinajstić information content (AvgIpc) is 3.73. The Hall–Kier alpha value is -6.38. The van der Waals surface area contributed by atoms with Crippen molar-refractivity contribution in [1.29, 1.82) is 0 Å². The summed E-state index contributed by atoms with van der Waals surface area (Å²) >= 11 is 0. The van der Waals surface area contributed by atoms with Gasteiger partial charge in [-0.1, -0.05) is 146 Å². The summed E-state index contributed by atoms with van der Waals surface area (Å²) in [5.41, 5.74) is 16.2. The van der Waals surface area contributed by atoms with E-state index in [0.717, 1.165) is 6.42 Å². The van der Waals surface area contributed by atoms with Crippen LogP contribution >= 0.6 is 0 Å². The van der Waals surface area contributed by atoms with Gasteiger partial charge in [-0.05, 0) is 82.3 Å². The number of aromatic nitrogens is 2. The molecular formula is C49H36N2. The molecule has 1 aliphatic carbocycles. The summed E-state index contributed by atoms with van der Waals surface area (Å²) in [7, 11) is 0. The molecule has 10 rings (SSSR count). The smallest absolute Gasteiger partial charge is 0.0547 e. The van der Waals surface area contributed by atoms with E-state index in [1.54, 1.807) is 0 Å². The molecule has 242 valence electrons. The molecule has 2 heterocycles. The topological polar surface area (TPSA) is 9.86 Å². The molecule has 1 atom stereocenters. The van der Waals surface area contributed by atoms with Gasteiger partial charge in [0.1, 0.15) is 0 Å². The van der Waals surface area contributed by atoms with E-state index in [4.69, 9.17) is 0 Å². The van der Waals surface area contributed by atoms with Crippen LogP contribution in [0.1, 0.15) is 30.5 Å². The highest BCUT2D eigenvalue weighted by Gasteiger charge is 2.26. The molecule has 2 aromatic heterocycles. The van der Waals surface area contributed by atoms with E-state index in [-0.39, 0.29) is 0 Å². The van der Waals surface area contributed by atoms with E-state index in [9.17, 15) is 0 Å². The Kier molecular flexibility index (Phi) is 6.89. The van der Waals surface area contributed by atoms with Crippen LogP contribution in [0, 0.1) is 0 Å². The molecule has 2 nitrogen and oxygen atoms in total. The second-order valence-corrected chi connectivity index (χ2v) is 13.7. The molecular weight excluding hydrogens is 617 g/mol. The van der Waals surface area contributed by atoms with Crippen LogP contribution in [0.3, 0.4) is 0 Å². The lowest BCUT2D eigenvalue weighted by Crippen LogP contribution is -2.06. The fourth-order valence-electron chi connectivity index (χ4n) is 8.63. The summed E-state index contributed by atoms with van der Waals surface area (Å²) in [5, 5.41) is 3.85. The van der Waals surface area contributed by atoms with Crippen LogP contribution in [-0.2, 0) is 0 Å². The first-order valence-electron chi connectivity index (χ1n) is 17.9. The highest BCUT2D eigenvalue weighted by molar-refractivity contribution is 6.17. The Morgan fingerprint density at radius 2 is 0.863 bits per heavy atom. The molecule has 1 unspecified atom stereocenters. The van der Waals surface area contributed by atoms with E-state index in [1.165, 1.54) is 88.7 Å². The number of nitrogens with zero attached hydrogens (tertiary/aromatic N) is 2. The third kappa shape index (κ3) is 4.57. The summed E-state index contributed by atoms with van der Waals surface area (Å²) in [6, 6.07) is 62.0. The van der Waals surface area contributed by atoms with Crippen molar-refractivity contribution in [3.63, 3.8) is 0 Å². The van der Waals surface area contributed by atoms with Crippen molar-refractivity contribution in [2.24, 2.45) is 0 Å². The number of hydrogen-bond donors (Lipinski definition) is 0. The largest absolute Gasteiger partial charge is 0.313 e. The van der Waals surface area contributed by atoms with Gasteiger partial charge in [0, 0.05) is 44.7 Å². The van der Waals surface area contributed by atoms with Crippen molar-refractivity contribution in [2.75, 3.05) is 0 Å². The minimum atomic E-state index is 0.417. The van der Waals surface area contributed by atoms with Crippen molar-refractivity contribution < 1.29 is 0 Å². The Labute approximate surface area is 298 Å². The van der Waals surface area contributed by atoms with Crippen molar-refractivity contribution in [1.82, 2.24) is 9.13 Å². The zero-order valence-electron chi connectivity index (χ0n) is 28.5. The van der Waals surface area contributed by atoms with Gasteiger partial charge in [-0.15, -0.1) is 0 Å². The number of allylic oxidation sites excluding steroid dienone is 1. The average molecular weight is 653 g/mol. The number of fused-ring (bicyclic) bond motifs is 6. The first-order chi connectivity index (χ1) is 25.3. The van der Waals surface area contributed by atoms with Gasteiger partial charge in [0.15, 0.2) is 0 Å². The van der Waals surface area contributed by atoms with Crippen LogP contribution in [0.2, 0.25) is 0 Å². The predicted molar refractivity (Wildman–Crippen MR) is 216 cm³/mol. The lowest BCUT2D eigenvalue weighted by molar-refractivity contribution is 0.723. The van der Waals surface area contributed by atoms with Crippen LogP contribution in [0.25, 0.3) is 83.5 Å². The Morgan fingerprint density at radius 3 is 1.49 bits per heavy atom. The van der Waals surface area contributed by atoms with Gasteiger partial charge in [-0.2, -0.15) is 0 Å². The Morgan fingerprint density at radius 1 is 0.412 bits per heavy atom. The predicted octanol–water partition coefficient (Wildman–Crippen LogP) is 13.2. The molecule has 2 heteroatoms. The molecule has 0 amide bonds. The summed E-state index contributed by atoms with van der Waals surface area (Å²) in [4.78, 5) is 0. The highest BCUT2D eigenvalue weighted by atomic mass is 15.0.